The van der Waals surface area contributed by atoms with Gasteiger partial charge in [0.2, 0.25) is 0 Å². The van der Waals surface area contributed by atoms with Crippen molar-refractivity contribution in [1.82, 2.24) is 4.90 Å². The smallest absolute Gasteiger partial charge is 0.398 e. The molecule has 0 amide bonds. The molecule has 0 radical (unpaired) electrons. The highest BCUT2D eigenvalue weighted by Gasteiger charge is 2.40. The predicted molar refractivity (Wildman–Crippen MR) is 79.4 cm³/mol. The monoisotopic (exact) mass is 301 g/mol. The largest absolute Gasteiger partial charge is 0.418 e. The fraction of sp³-hybridized carbons (Fsp3) is 0.600. The third-order valence-corrected chi connectivity index (χ3v) is 4.55. The molecule has 2 N–H and O–H groups in total. The van der Waals surface area contributed by atoms with Gasteiger partial charge in [0.25, 0.3) is 0 Å². The zero-order valence-electron chi connectivity index (χ0n) is 12.7. The Hall–Kier alpha value is -1.43. The van der Waals surface area contributed by atoms with Gasteiger partial charge in [-0.25, -0.2) is 0 Å². The highest BCUT2D eigenvalue weighted by atomic mass is 19.4. The van der Waals surface area contributed by atoms with Crippen LogP contribution in [-0.4, -0.2) is 38.1 Å². The lowest BCUT2D eigenvalue weighted by molar-refractivity contribution is -0.136. The first kappa shape index (κ1) is 15.9. The van der Waals surface area contributed by atoms with E-state index in [2.05, 4.69) is 4.90 Å². The van der Waals surface area contributed by atoms with Crippen LogP contribution in [0.2, 0.25) is 0 Å². The molecule has 1 fully saturated rings. The molecule has 1 aromatic carbocycles. The second-order valence-electron chi connectivity index (χ2n) is 6.10. The summed E-state index contributed by atoms with van der Waals surface area (Å²) in [5, 5.41) is 0. The van der Waals surface area contributed by atoms with Crippen LogP contribution in [0.1, 0.15) is 24.8 Å². The van der Waals surface area contributed by atoms with E-state index in [1.165, 1.54) is 12.5 Å². The molecule has 0 bridgehead atoms. The summed E-state index contributed by atoms with van der Waals surface area (Å²) in [6, 6.07) is 4.11. The highest BCUT2D eigenvalue weighted by Crippen LogP contribution is 2.39. The van der Waals surface area contributed by atoms with Crippen LogP contribution in [0.3, 0.4) is 0 Å². The van der Waals surface area contributed by atoms with Crippen LogP contribution in [0.15, 0.2) is 18.2 Å². The summed E-state index contributed by atoms with van der Waals surface area (Å²) in [5.74, 6) is 0. The van der Waals surface area contributed by atoms with Gasteiger partial charge in [-0.1, -0.05) is 0 Å². The molecule has 0 unspecified atom stereocenters. The van der Waals surface area contributed by atoms with Crippen LogP contribution < -0.4 is 10.6 Å². The first-order valence-electron chi connectivity index (χ1n) is 7.01. The van der Waals surface area contributed by atoms with E-state index in [9.17, 15) is 13.2 Å². The SMILES string of the molecule is CN(CC1(N(C)C)CCC1)c1ccc(N)c(C(F)(F)F)c1. The average molecular weight is 301 g/mol. The third kappa shape index (κ3) is 3.10. The van der Waals surface area contributed by atoms with E-state index in [0.29, 0.717) is 12.2 Å². The molecule has 118 valence electrons. The minimum atomic E-state index is -4.42. The molecule has 0 saturated heterocycles. The van der Waals surface area contributed by atoms with E-state index in [0.717, 1.165) is 18.9 Å². The van der Waals surface area contributed by atoms with Crippen molar-refractivity contribution < 1.29 is 13.2 Å². The summed E-state index contributed by atoms with van der Waals surface area (Å²) < 4.78 is 38.8. The Morgan fingerprint density at radius 3 is 2.24 bits per heavy atom. The number of likely N-dealkylation sites (N-methyl/N-ethyl adjacent to an activating group) is 2. The number of rotatable bonds is 4. The number of benzene rings is 1. The molecule has 0 aliphatic heterocycles. The Balaban J connectivity index is 2.22. The van der Waals surface area contributed by atoms with Gasteiger partial charge in [0.1, 0.15) is 0 Å². The van der Waals surface area contributed by atoms with Gasteiger partial charge in [-0.15, -0.1) is 0 Å². The standard InChI is InChI=1S/C15H22F3N3/c1-20(2)14(7-4-8-14)10-21(3)11-5-6-13(19)12(9-11)15(16,17)18/h5-6,9H,4,7-8,10,19H2,1-3H3. The van der Waals surface area contributed by atoms with Crippen molar-refractivity contribution >= 4 is 11.4 Å². The fourth-order valence-corrected chi connectivity index (χ4v) is 2.89. The molecular formula is C15H22F3N3. The van der Waals surface area contributed by atoms with Crippen LogP contribution >= 0.6 is 0 Å². The summed E-state index contributed by atoms with van der Waals surface area (Å²) in [6.45, 7) is 0.710. The van der Waals surface area contributed by atoms with Gasteiger partial charge >= 0.3 is 6.18 Å². The predicted octanol–water partition coefficient (Wildman–Crippen LogP) is 3.21. The quantitative estimate of drug-likeness (QED) is 0.867. The second kappa shape index (κ2) is 5.40. The zero-order chi connectivity index (χ0) is 15.8. The Kier molecular flexibility index (Phi) is 4.10. The molecule has 6 heteroatoms. The molecule has 1 aliphatic rings. The Labute approximate surface area is 123 Å². The van der Waals surface area contributed by atoms with E-state index >= 15 is 0 Å². The van der Waals surface area contributed by atoms with E-state index in [1.807, 2.05) is 26.0 Å². The van der Waals surface area contributed by atoms with Crippen molar-refractivity contribution in [3.8, 4) is 0 Å². The Morgan fingerprint density at radius 2 is 1.81 bits per heavy atom. The van der Waals surface area contributed by atoms with E-state index in [1.54, 1.807) is 6.07 Å². The molecular weight excluding hydrogens is 279 g/mol. The van der Waals surface area contributed by atoms with E-state index < -0.39 is 11.7 Å². The van der Waals surface area contributed by atoms with E-state index in [-0.39, 0.29) is 11.2 Å². The normalized spacial score (nSPS) is 17.7. The van der Waals surface area contributed by atoms with Gasteiger partial charge in [0.05, 0.1) is 5.56 Å². The molecule has 1 saturated carbocycles. The van der Waals surface area contributed by atoms with Gasteiger partial charge in [-0.3, -0.25) is 0 Å². The summed E-state index contributed by atoms with van der Waals surface area (Å²) in [5.41, 5.74) is 5.06. The van der Waals surface area contributed by atoms with Crippen molar-refractivity contribution in [1.29, 1.82) is 0 Å². The highest BCUT2D eigenvalue weighted by molar-refractivity contribution is 5.59. The zero-order valence-corrected chi connectivity index (χ0v) is 12.7. The maximum Gasteiger partial charge on any atom is 0.418 e. The van der Waals surface area contributed by atoms with Crippen LogP contribution in [-0.2, 0) is 6.18 Å². The Morgan fingerprint density at radius 1 is 1.19 bits per heavy atom. The summed E-state index contributed by atoms with van der Waals surface area (Å²) in [6.07, 6.45) is -1.10. The molecule has 2 rings (SSSR count). The van der Waals surface area contributed by atoms with Crippen molar-refractivity contribution in [3.63, 3.8) is 0 Å². The van der Waals surface area contributed by atoms with Crippen molar-refractivity contribution in [2.24, 2.45) is 0 Å². The Bertz CT molecular complexity index is 507. The lowest BCUT2D eigenvalue weighted by atomic mass is 9.75. The number of halogens is 3. The second-order valence-corrected chi connectivity index (χ2v) is 6.10. The molecule has 0 atom stereocenters. The summed E-state index contributed by atoms with van der Waals surface area (Å²) in [7, 11) is 5.88. The molecule has 1 aromatic rings. The fourth-order valence-electron chi connectivity index (χ4n) is 2.89. The molecule has 0 spiro atoms. The summed E-state index contributed by atoms with van der Waals surface area (Å²) >= 11 is 0. The minimum absolute atomic E-state index is 0.0640. The number of hydrogen-bond donors (Lipinski definition) is 1. The first-order valence-corrected chi connectivity index (χ1v) is 7.01. The van der Waals surface area contributed by atoms with Gasteiger partial charge in [-0.05, 0) is 51.6 Å². The maximum atomic E-state index is 12.9. The molecule has 0 aromatic heterocycles. The molecule has 0 heterocycles. The van der Waals surface area contributed by atoms with Gasteiger partial charge in [0.15, 0.2) is 0 Å². The molecule has 1 aliphatic carbocycles. The van der Waals surface area contributed by atoms with Crippen molar-refractivity contribution in [2.75, 3.05) is 38.3 Å². The molecule has 3 nitrogen and oxygen atoms in total. The number of nitrogens with zero attached hydrogens (tertiary/aromatic N) is 2. The number of anilines is 2. The minimum Gasteiger partial charge on any atom is -0.398 e. The lowest BCUT2D eigenvalue weighted by Crippen LogP contribution is -2.56. The van der Waals surface area contributed by atoms with Gasteiger partial charge in [0, 0.05) is 30.5 Å². The first-order chi connectivity index (χ1) is 9.66. The number of nitrogens with two attached hydrogens (primary N) is 1. The van der Waals surface area contributed by atoms with Crippen LogP contribution in [0.5, 0.6) is 0 Å². The van der Waals surface area contributed by atoms with Crippen LogP contribution in [0.4, 0.5) is 24.5 Å². The third-order valence-electron chi connectivity index (χ3n) is 4.55. The van der Waals surface area contributed by atoms with Crippen LogP contribution in [0.25, 0.3) is 0 Å². The van der Waals surface area contributed by atoms with Gasteiger partial charge in [-0.2, -0.15) is 13.2 Å². The number of alkyl halides is 3. The number of nitrogen functional groups attached to an aromatic ring is 1. The van der Waals surface area contributed by atoms with Crippen molar-refractivity contribution in [2.45, 2.75) is 31.0 Å². The average Bonchev–Trinajstić information content (AvgIpc) is 2.32. The maximum absolute atomic E-state index is 12.9. The van der Waals surface area contributed by atoms with Crippen molar-refractivity contribution in [3.05, 3.63) is 23.8 Å². The summed E-state index contributed by atoms with van der Waals surface area (Å²) in [4.78, 5) is 4.06. The van der Waals surface area contributed by atoms with Crippen LogP contribution in [0, 0.1) is 0 Å². The molecule has 21 heavy (non-hydrogen) atoms. The van der Waals surface area contributed by atoms with E-state index in [4.69, 9.17) is 5.73 Å². The topological polar surface area (TPSA) is 32.5 Å². The van der Waals surface area contributed by atoms with Gasteiger partial charge < -0.3 is 15.5 Å². The number of hydrogen-bond acceptors (Lipinski definition) is 3. The lowest BCUT2D eigenvalue weighted by Gasteiger charge is -2.49.